The molecule has 0 radical (unpaired) electrons. The van der Waals surface area contributed by atoms with Crippen LogP contribution in [-0.2, 0) is 4.74 Å². The number of likely N-dealkylation sites (tertiary alicyclic amines) is 1. The van der Waals surface area contributed by atoms with Crippen LogP contribution < -0.4 is 4.90 Å². The molecule has 0 aromatic carbocycles. The normalized spacial score (nSPS) is 18.5. The van der Waals surface area contributed by atoms with E-state index >= 15 is 0 Å². The highest BCUT2D eigenvalue weighted by Gasteiger charge is 2.37. The van der Waals surface area contributed by atoms with Crippen molar-refractivity contribution in [2.75, 3.05) is 31.1 Å². The van der Waals surface area contributed by atoms with E-state index < -0.39 is 24.5 Å². The van der Waals surface area contributed by atoms with Crippen molar-refractivity contribution in [1.82, 2.24) is 19.4 Å². The van der Waals surface area contributed by atoms with Gasteiger partial charge in [-0.3, -0.25) is 14.3 Å². The Kier molecular flexibility index (Phi) is 4.57. The number of nitrogens with zero attached hydrogens (tertiary/aromatic N) is 5. The molecule has 3 aromatic rings. The number of hydrogen-bond donors (Lipinski definition) is 0. The Bertz CT molecular complexity index is 1160. The molecule has 0 atom stereocenters. The number of ether oxygens (including phenoxy) is 1. The Labute approximate surface area is 176 Å². The fraction of sp³-hybridized carbons (Fsp3) is 0.333. The van der Waals surface area contributed by atoms with Crippen LogP contribution in [0.15, 0.2) is 42.9 Å². The molecule has 0 spiro atoms. The van der Waals surface area contributed by atoms with E-state index in [0.29, 0.717) is 36.5 Å². The third kappa shape index (κ3) is 3.58. The van der Waals surface area contributed by atoms with Gasteiger partial charge in [0.05, 0.1) is 30.5 Å². The van der Waals surface area contributed by atoms with E-state index in [9.17, 15) is 18.4 Å². The molecule has 0 unspecified atom stereocenters. The summed E-state index contributed by atoms with van der Waals surface area (Å²) < 4.78 is 34.1. The van der Waals surface area contributed by atoms with Crippen LogP contribution in [0, 0.1) is 0 Å². The second kappa shape index (κ2) is 7.29. The lowest BCUT2D eigenvalue weighted by molar-refractivity contribution is -0.0560. The fourth-order valence-corrected chi connectivity index (χ4v) is 3.95. The van der Waals surface area contributed by atoms with Gasteiger partial charge in [0.2, 0.25) is 0 Å². The number of anilines is 1. The molecule has 2 fully saturated rings. The van der Waals surface area contributed by atoms with Crippen LogP contribution in [0.2, 0.25) is 0 Å². The molecule has 2 saturated heterocycles. The standard InChI is InChI=1S/C21H19F2N5O3/c22-21(23)5-1-6-26(13-21)19(29)15-10-14-4-7-27(18(14)25-11-15)16-2-3-17(24-12-16)28-8-9-31-20(28)30/h2-4,7,10-12H,1,5-6,8-9,13H2. The summed E-state index contributed by atoms with van der Waals surface area (Å²) in [6.07, 6.45) is 4.50. The molecule has 0 saturated carbocycles. The van der Waals surface area contributed by atoms with Crippen LogP contribution in [-0.4, -0.2) is 63.6 Å². The van der Waals surface area contributed by atoms with Gasteiger partial charge in [0.1, 0.15) is 18.1 Å². The molecule has 2 aliphatic heterocycles. The lowest BCUT2D eigenvalue weighted by Gasteiger charge is -2.32. The van der Waals surface area contributed by atoms with Gasteiger partial charge in [-0.2, -0.15) is 0 Å². The summed E-state index contributed by atoms with van der Waals surface area (Å²) in [5.41, 5.74) is 1.62. The van der Waals surface area contributed by atoms with Gasteiger partial charge < -0.3 is 9.64 Å². The van der Waals surface area contributed by atoms with E-state index in [1.54, 1.807) is 35.2 Å². The molecule has 3 aromatic heterocycles. The lowest BCUT2D eigenvalue weighted by Crippen LogP contribution is -2.45. The fourth-order valence-electron chi connectivity index (χ4n) is 3.95. The predicted octanol–water partition coefficient (Wildman–Crippen LogP) is 3.25. The zero-order valence-electron chi connectivity index (χ0n) is 16.5. The molecule has 2 amide bonds. The Hall–Kier alpha value is -3.56. The van der Waals surface area contributed by atoms with Crippen molar-refractivity contribution < 1.29 is 23.1 Å². The van der Waals surface area contributed by atoms with Gasteiger partial charge in [-0.15, -0.1) is 0 Å². The first kappa shape index (κ1) is 19.4. The number of fused-ring (bicyclic) bond motifs is 1. The van der Waals surface area contributed by atoms with E-state index in [1.165, 1.54) is 16.0 Å². The third-order valence-electron chi connectivity index (χ3n) is 5.50. The number of amides is 2. The van der Waals surface area contributed by atoms with Gasteiger partial charge in [-0.25, -0.2) is 23.5 Å². The van der Waals surface area contributed by atoms with Crippen molar-refractivity contribution >= 4 is 28.9 Å². The van der Waals surface area contributed by atoms with Crippen LogP contribution in [0.1, 0.15) is 23.2 Å². The van der Waals surface area contributed by atoms with Crippen LogP contribution in [0.25, 0.3) is 16.7 Å². The predicted molar refractivity (Wildman–Crippen MR) is 108 cm³/mol. The molecular weight excluding hydrogens is 408 g/mol. The van der Waals surface area contributed by atoms with E-state index in [2.05, 4.69) is 9.97 Å². The smallest absolute Gasteiger partial charge is 0.415 e. The number of halogens is 2. The molecule has 0 aliphatic carbocycles. The zero-order chi connectivity index (χ0) is 21.6. The summed E-state index contributed by atoms with van der Waals surface area (Å²) >= 11 is 0. The van der Waals surface area contributed by atoms with Gasteiger partial charge in [0, 0.05) is 30.7 Å². The maximum atomic E-state index is 13.7. The Balaban J connectivity index is 1.39. The summed E-state index contributed by atoms with van der Waals surface area (Å²) in [6.45, 7) is 0.549. The van der Waals surface area contributed by atoms with Crippen molar-refractivity contribution in [3.8, 4) is 5.69 Å². The quantitative estimate of drug-likeness (QED) is 0.641. The molecule has 0 bridgehead atoms. The van der Waals surface area contributed by atoms with Crippen molar-refractivity contribution in [3.63, 3.8) is 0 Å². The van der Waals surface area contributed by atoms with Gasteiger partial charge in [0.25, 0.3) is 11.8 Å². The SMILES string of the molecule is O=C(c1cnc2c(ccn2-c2ccc(N3CCOC3=O)nc2)c1)N1CCCC(F)(F)C1. The lowest BCUT2D eigenvalue weighted by atomic mass is 10.1. The number of carbonyl (C=O) groups excluding carboxylic acids is 2. The minimum atomic E-state index is -2.85. The first-order chi connectivity index (χ1) is 14.9. The first-order valence-electron chi connectivity index (χ1n) is 9.96. The second-order valence-electron chi connectivity index (χ2n) is 7.65. The Morgan fingerprint density at radius 1 is 1.13 bits per heavy atom. The highest BCUT2D eigenvalue weighted by Crippen LogP contribution is 2.28. The number of carbonyl (C=O) groups is 2. The summed E-state index contributed by atoms with van der Waals surface area (Å²) in [4.78, 5) is 35.7. The molecule has 31 heavy (non-hydrogen) atoms. The molecule has 160 valence electrons. The van der Waals surface area contributed by atoms with Crippen molar-refractivity contribution in [2.24, 2.45) is 0 Å². The Morgan fingerprint density at radius 3 is 2.71 bits per heavy atom. The van der Waals surface area contributed by atoms with Gasteiger partial charge in [-0.1, -0.05) is 0 Å². The molecule has 8 nitrogen and oxygen atoms in total. The van der Waals surface area contributed by atoms with Crippen LogP contribution in [0.5, 0.6) is 0 Å². The van der Waals surface area contributed by atoms with Crippen LogP contribution in [0.3, 0.4) is 0 Å². The number of alkyl halides is 2. The molecule has 5 rings (SSSR count). The van der Waals surface area contributed by atoms with Crippen molar-refractivity contribution in [1.29, 1.82) is 0 Å². The number of rotatable bonds is 3. The minimum absolute atomic E-state index is 0.192. The summed E-state index contributed by atoms with van der Waals surface area (Å²) in [5, 5.41) is 0.710. The number of hydrogen-bond acceptors (Lipinski definition) is 5. The molecule has 10 heteroatoms. The average Bonchev–Trinajstić information content (AvgIpc) is 3.38. The van der Waals surface area contributed by atoms with Crippen LogP contribution >= 0.6 is 0 Å². The molecule has 2 aliphatic rings. The van der Waals surface area contributed by atoms with E-state index in [1.807, 2.05) is 6.07 Å². The van der Waals surface area contributed by atoms with E-state index in [4.69, 9.17) is 4.74 Å². The maximum Gasteiger partial charge on any atom is 0.415 e. The largest absolute Gasteiger partial charge is 0.447 e. The number of piperidine rings is 1. The topological polar surface area (TPSA) is 80.6 Å². The first-order valence-corrected chi connectivity index (χ1v) is 9.96. The summed E-state index contributed by atoms with van der Waals surface area (Å²) in [6, 6.07) is 7.00. The number of cyclic esters (lactones) is 1. The second-order valence-corrected chi connectivity index (χ2v) is 7.65. The molecule has 0 N–H and O–H groups in total. The third-order valence-corrected chi connectivity index (χ3v) is 5.50. The van der Waals surface area contributed by atoms with Gasteiger partial charge in [0.15, 0.2) is 0 Å². The number of aromatic nitrogens is 3. The van der Waals surface area contributed by atoms with E-state index in [0.717, 1.165) is 5.69 Å². The van der Waals surface area contributed by atoms with Gasteiger partial charge in [-0.05, 0) is 30.7 Å². The van der Waals surface area contributed by atoms with Crippen LogP contribution in [0.4, 0.5) is 19.4 Å². The Morgan fingerprint density at radius 2 is 2.00 bits per heavy atom. The van der Waals surface area contributed by atoms with E-state index in [-0.39, 0.29) is 18.4 Å². The monoisotopic (exact) mass is 427 g/mol. The highest BCUT2D eigenvalue weighted by atomic mass is 19.3. The highest BCUT2D eigenvalue weighted by molar-refractivity contribution is 5.97. The summed E-state index contributed by atoms with van der Waals surface area (Å²) in [5.74, 6) is -2.79. The van der Waals surface area contributed by atoms with Crippen molar-refractivity contribution in [3.05, 3.63) is 48.4 Å². The summed E-state index contributed by atoms with van der Waals surface area (Å²) in [7, 11) is 0. The maximum absolute atomic E-state index is 13.7. The molecular formula is C21H19F2N5O3. The zero-order valence-corrected chi connectivity index (χ0v) is 16.5. The molecule has 5 heterocycles. The van der Waals surface area contributed by atoms with Crippen molar-refractivity contribution in [2.45, 2.75) is 18.8 Å². The minimum Gasteiger partial charge on any atom is -0.447 e. The average molecular weight is 427 g/mol. The number of pyridine rings is 2. The van der Waals surface area contributed by atoms with Gasteiger partial charge >= 0.3 is 6.09 Å².